The summed E-state index contributed by atoms with van der Waals surface area (Å²) in [5, 5.41) is 3.96. The Kier molecular flexibility index (Phi) is 5.41. The van der Waals surface area contributed by atoms with Crippen molar-refractivity contribution in [2.24, 2.45) is 12.1 Å². The number of aromatic nitrogens is 1. The zero-order chi connectivity index (χ0) is 16.8. The number of benzene rings is 1. The zero-order valence-electron chi connectivity index (χ0n) is 13.7. The van der Waals surface area contributed by atoms with Gasteiger partial charge in [-0.25, -0.2) is 5.43 Å². The largest absolute Gasteiger partial charge is 0.493 e. The smallest absolute Gasteiger partial charge is 0.271 e. The quantitative estimate of drug-likeness (QED) is 0.658. The van der Waals surface area contributed by atoms with Gasteiger partial charge in [-0.15, -0.1) is 0 Å². The first-order chi connectivity index (χ1) is 11.0. The van der Waals surface area contributed by atoms with Crippen LogP contribution in [0.15, 0.2) is 41.6 Å². The van der Waals surface area contributed by atoms with Crippen LogP contribution in [0.1, 0.15) is 29.9 Å². The van der Waals surface area contributed by atoms with E-state index in [-0.39, 0.29) is 12.0 Å². The van der Waals surface area contributed by atoms with E-state index in [1.165, 1.54) is 7.11 Å². The summed E-state index contributed by atoms with van der Waals surface area (Å²) in [5.41, 5.74) is 3.84. The molecule has 1 heterocycles. The van der Waals surface area contributed by atoms with Crippen molar-refractivity contribution < 1.29 is 14.3 Å². The van der Waals surface area contributed by atoms with E-state index >= 15 is 0 Å². The Morgan fingerprint density at radius 2 is 2.09 bits per heavy atom. The molecule has 1 aromatic heterocycles. The number of hydrogen-bond acceptors (Lipinski definition) is 4. The van der Waals surface area contributed by atoms with Crippen LogP contribution in [0.3, 0.4) is 0 Å². The second-order valence-electron chi connectivity index (χ2n) is 5.28. The third kappa shape index (κ3) is 4.35. The first-order valence-corrected chi connectivity index (χ1v) is 7.30. The second-order valence-corrected chi connectivity index (χ2v) is 5.28. The first kappa shape index (κ1) is 16.6. The number of amides is 1. The minimum atomic E-state index is -0.315. The average Bonchev–Trinajstić information content (AvgIpc) is 2.92. The standard InChI is InChI=1S/C17H21N3O3/c1-12(2)23-15-8-7-13(10-16(15)22-4)17(21)19-18-11-14-6-5-9-20(14)3/h5-12H,1-4H3,(H,19,21)/b18-11+. The maximum atomic E-state index is 12.1. The minimum absolute atomic E-state index is 0.0264. The van der Waals surface area contributed by atoms with Crippen LogP contribution in [0.2, 0.25) is 0 Å². The molecule has 2 aromatic rings. The molecule has 0 saturated heterocycles. The topological polar surface area (TPSA) is 64.8 Å². The SMILES string of the molecule is COc1cc(C(=O)N/N=C/c2cccn2C)ccc1OC(C)C. The van der Waals surface area contributed by atoms with E-state index < -0.39 is 0 Å². The van der Waals surface area contributed by atoms with E-state index in [0.29, 0.717) is 17.1 Å². The Morgan fingerprint density at radius 1 is 1.30 bits per heavy atom. The fraction of sp³-hybridized carbons (Fsp3) is 0.294. The number of hydrazone groups is 1. The predicted molar refractivity (Wildman–Crippen MR) is 89.2 cm³/mol. The molecule has 0 aliphatic rings. The van der Waals surface area contributed by atoms with E-state index in [2.05, 4.69) is 10.5 Å². The molecule has 0 saturated carbocycles. The molecule has 23 heavy (non-hydrogen) atoms. The van der Waals surface area contributed by atoms with Crippen LogP contribution in [-0.2, 0) is 7.05 Å². The molecule has 0 spiro atoms. The highest BCUT2D eigenvalue weighted by molar-refractivity contribution is 5.95. The summed E-state index contributed by atoms with van der Waals surface area (Å²) in [6.45, 7) is 3.86. The Morgan fingerprint density at radius 3 is 2.70 bits per heavy atom. The number of carbonyl (C=O) groups is 1. The van der Waals surface area contributed by atoms with Crippen molar-refractivity contribution in [1.82, 2.24) is 9.99 Å². The van der Waals surface area contributed by atoms with E-state index in [9.17, 15) is 4.79 Å². The van der Waals surface area contributed by atoms with Gasteiger partial charge in [-0.05, 0) is 44.2 Å². The molecule has 1 N–H and O–H groups in total. The Balaban J connectivity index is 2.07. The summed E-state index contributed by atoms with van der Waals surface area (Å²) in [4.78, 5) is 12.1. The van der Waals surface area contributed by atoms with E-state index in [1.54, 1.807) is 24.4 Å². The molecule has 122 valence electrons. The molecule has 0 unspecified atom stereocenters. The third-order valence-electron chi connectivity index (χ3n) is 3.14. The lowest BCUT2D eigenvalue weighted by Gasteiger charge is -2.14. The van der Waals surface area contributed by atoms with Gasteiger partial charge < -0.3 is 14.0 Å². The average molecular weight is 315 g/mol. The summed E-state index contributed by atoms with van der Waals surface area (Å²) in [6.07, 6.45) is 3.52. The highest BCUT2D eigenvalue weighted by Crippen LogP contribution is 2.28. The lowest BCUT2D eigenvalue weighted by molar-refractivity contribution is 0.0954. The number of hydrogen-bond donors (Lipinski definition) is 1. The Hall–Kier alpha value is -2.76. The van der Waals surface area contributed by atoms with Crippen LogP contribution in [0.5, 0.6) is 11.5 Å². The fourth-order valence-corrected chi connectivity index (χ4v) is 1.99. The molecular weight excluding hydrogens is 294 g/mol. The van der Waals surface area contributed by atoms with Crippen LogP contribution in [-0.4, -0.2) is 29.9 Å². The van der Waals surface area contributed by atoms with E-state index in [4.69, 9.17) is 9.47 Å². The van der Waals surface area contributed by atoms with Crippen molar-refractivity contribution >= 4 is 12.1 Å². The third-order valence-corrected chi connectivity index (χ3v) is 3.14. The number of rotatable bonds is 6. The molecule has 0 fully saturated rings. The number of nitrogens with zero attached hydrogens (tertiary/aromatic N) is 2. The van der Waals surface area contributed by atoms with Gasteiger partial charge in [-0.1, -0.05) is 0 Å². The summed E-state index contributed by atoms with van der Waals surface area (Å²) in [6, 6.07) is 8.82. The van der Waals surface area contributed by atoms with Gasteiger partial charge in [0.05, 0.1) is 25.1 Å². The molecule has 2 rings (SSSR count). The van der Waals surface area contributed by atoms with Crippen molar-refractivity contribution in [2.45, 2.75) is 20.0 Å². The number of nitrogens with one attached hydrogen (secondary N) is 1. The molecule has 1 amide bonds. The van der Waals surface area contributed by atoms with Gasteiger partial charge in [-0.3, -0.25) is 4.79 Å². The second kappa shape index (κ2) is 7.49. The molecule has 1 aromatic carbocycles. The van der Waals surface area contributed by atoms with Crippen LogP contribution in [0, 0.1) is 0 Å². The van der Waals surface area contributed by atoms with Crippen molar-refractivity contribution in [2.75, 3.05) is 7.11 Å². The lowest BCUT2D eigenvalue weighted by atomic mass is 10.2. The number of aryl methyl sites for hydroxylation is 1. The van der Waals surface area contributed by atoms with Gasteiger partial charge in [0.2, 0.25) is 0 Å². The molecule has 0 aliphatic heterocycles. The summed E-state index contributed by atoms with van der Waals surface area (Å²) >= 11 is 0. The molecular formula is C17H21N3O3. The fourth-order valence-electron chi connectivity index (χ4n) is 1.99. The molecule has 6 nitrogen and oxygen atoms in total. The van der Waals surface area contributed by atoms with Crippen LogP contribution in [0.25, 0.3) is 0 Å². The van der Waals surface area contributed by atoms with Crippen molar-refractivity contribution in [3.63, 3.8) is 0 Å². The first-order valence-electron chi connectivity index (χ1n) is 7.30. The molecule has 6 heteroatoms. The monoisotopic (exact) mass is 315 g/mol. The van der Waals surface area contributed by atoms with Gasteiger partial charge in [0, 0.05) is 18.8 Å². The van der Waals surface area contributed by atoms with Gasteiger partial charge in [-0.2, -0.15) is 5.10 Å². The lowest BCUT2D eigenvalue weighted by Crippen LogP contribution is -2.18. The summed E-state index contributed by atoms with van der Waals surface area (Å²) in [7, 11) is 3.44. The van der Waals surface area contributed by atoms with Gasteiger partial charge in [0.25, 0.3) is 5.91 Å². The van der Waals surface area contributed by atoms with E-state index in [1.807, 2.05) is 43.8 Å². The maximum absolute atomic E-state index is 12.1. The van der Waals surface area contributed by atoms with Crippen molar-refractivity contribution in [3.05, 3.63) is 47.8 Å². The minimum Gasteiger partial charge on any atom is -0.493 e. The highest BCUT2D eigenvalue weighted by atomic mass is 16.5. The number of carbonyl (C=O) groups excluding carboxylic acids is 1. The Labute approximate surface area is 135 Å². The summed E-state index contributed by atoms with van der Waals surface area (Å²) in [5.74, 6) is 0.800. The molecule has 0 atom stereocenters. The maximum Gasteiger partial charge on any atom is 0.271 e. The normalized spacial score (nSPS) is 11.0. The number of methoxy groups -OCH3 is 1. The Bertz CT molecular complexity index is 705. The van der Waals surface area contributed by atoms with Crippen molar-refractivity contribution in [3.8, 4) is 11.5 Å². The zero-order valence-corrected chi connectivity index (χ0v) is 13.7. The van der Waals surface area contributed by atoms with Gasteiger partial charge in [0.1, 0.15) is 0 Å². The van der Waals surface area contributed by atoms with Crippen molar-refractivity contribution in [1.29, 1.82) is 0 Å². The highest BCUT2D eigenvalue weighted by Gasteiger charge is 2.11. The molecule has 0 aliphatic carbocycles. The predicted octanol–water partition coefficient (Wildman–Crippen LogP) is 2.58. The number of ether oxygens (including phenoxy) is 2. The van der Waals surface area contributed by atoms with Crippen LogP contribution < -0.4 is 14.9 Å². The van der Waals surface area contributed by atoms with Gasteiger partial charge >= 0.3 is 0 Å². The van der Waals surface area contributed by atoms with E-state index in [0.717, 1.165) is 5.69 Å². The molecule has 0 radical (unpaired) electrons. The summed E-state index contributed by atoms with van der Waals surface area (Å²) < 4.78 is 12.8. The van der Waals surface area contributed by atoms with Crippen LogP contribution >= 0.6 is 0 Å². The van der Waals surface area contributed by atoms with Crippen LogP contribution in [0.4, 0.5) is 0 Å². The van der Waals surface area contributed by atoms with Gasteiger partial charge in [0.15, 0.2) is 11.5 Å². The molecule has 0 bridgehead atoms.